The first-order valence-corrected chi connectivity index (χ1v) is 4.03. The summed E-state index contributed by atoms with van der Waals surface area (Å²) < 4.78 is 0. The molecule has 3 heteroatoms. The zero-order valence-electron chi connectivity index (χ0n) is 8.26. The number of carbonyl (C=O) groups excluding carboxylic acids is 2. The van der Waals surface area contributed by atoms with Crippen LogP contribution in [0.5, 0.6) is 0 Å². The van der Waals surface area contributed by atoms with Crippen LogP contribution >= 0.6 is 0 Å². The molecule has 0 fully saturated rings. The third-order valence-electron chi connectivity index (χ3n) is 1.76. The van der Waals surface area contributed by atoms with Gasteiger partial charge in [-0.2, -0.15) is 0 Å². The quantitative estimate of drug-likeness (QED) is 0.593. The van der Waals surface area contributed by atoms with E-state index in [0.29, 0.717) is 12.8 Å². The summed E-state index contributed by atoms with van der Waals surface area (Å²) in [5.41, 5.74) is -0.205. The fraction of sp³-hybridized carbons (Fsp3) is 0.778. The first-order chi connectivity index (χ1) is 5.39. The summed E-state index contributed by atoms with van der Waals surface area (Å²) >= 11 is 0. The number of nitrogens with zero attached hydrogens (tertiary/aromatic N) is 1. The maximum absolute atomic E-state index is 11.2. The molecule has 0 radical (unpaired) electrons. The molecule has 0 heterocycles. The van der Waals surface area contributed by atoms with E-state index in [1.807, 2.05) is 13.8 Å². The lowest BCUT2D eigenvalue weighted by Gasteiger charge is -2.22. The van der Waals surface area contributed by atoms with Crippen LogP contribution in [0.2, 0.25) is 0 Å². The van der Waals surface area contributed by atoms with Crippen molar-refractivity contribution < 1.29 is 9.59 Å². The Balaban J connectivity index is 4.05. The van der Waals surface area contributed by atoms with E-state index >= 15 is 0 Å². The Hall–Kier alpha value is -0.860. The number of aldehydes is 1. The second-order valence-electron chi connectivity index (χ2n) is 4.00. The van der Waals surface area contributed by atoms with E-state index in [-0.39, 0.29) is 11.3 Å². The summed E-state index contributed by atoms with van der Waals surface area (Å²) in [4.78, 5) is 23.0. The predicted molar refractivity (Wildman–Crippen MR) is 47.8 cm³/mol. The molecule has 12 heavy (non-hydrogen) atoms. The normalized spacial score (nSPS) is 11.0. The first-order valence-electron chi connectivity index (χ1n) is 4.03. The SMILES string of the molecule is CN(C)C(=O)CC(C)(C)CC=O. The van der Waals surface area contributed by atoms with Gasteiger partial charge in [0.15, 0.2) is 0 Å². The van der Waals surface area contributed by atoms with Crippen LogP contribution in [0.15, 0.2) is 0 Å². The van der Waals surface area contributed by atoms with Crippen LogP contribution < -0.4 is 0 Å². The van der Waals surface area contributed by atoms with Crippen molar-refractivity contribution >= 4 is 12.2 Å². The third kappa shape index (κ3) is 4.11. The van der Waals surface area contributed by atoms with Gasteiger partial charge in [0.1, 0.15) is 6.29 Å². The lowest BCUT2D eigenvalue weighted by atomic mass is 9.86. The molecule has 0 N–H and O–H groups in total. The fourth-order valence-electron chi connectivity index (χ4n) is 0.865. The number of hydrogen-bond acceptors (Lipinski definition) is 2. The van der Waals surface area contributed by atoms with Gasteiger partial charge in [0.05, 0.1) is 0 Å². The second kappa shape index (κ2) is 4.24. The van der Waals surface area contributed by atoms with Crippen molar-refractivity contribution in [2.45, 2.75) is 26.7 Å². The Labute approximate surface area is 73.7 Å². The van der Waals surface area contributed by atoms with Gasteiger partial charge in [-0.3, -0.25) is 4.79 Å². The van der Waals surface area contributed by atoms with Gasteiger partial charge in [0.25, 0.3) is 0 Å². The van der Waals surface area contributed by atoms with Gasteiger partial charge in [0.2, 0.25) is 5.91 Å². The molecule has 0 unspecified atom stereocenters. The summed E-state index contributed by atoms with van der Waals surface area (Å²) in [5.74, 6) is 0.0712. The topological polar surface area (TPSA) is 37.4 Å². The van der Waals surface area contributed by atoms with E-state index in [2.05, 4.69) is 0 Å². The molecule has 0 aliphatic heterocycles. The van der Waals surface area contributed by atoms with Crippen molar-refractivity contribution in [3.63, 3.8) is 0 Å². The molecule has 0 aliphatic rings. The lowest BCUT2D eigenvalue weighted by molar-refractivity contribution is -0.131. The molecule has 1 amide bonds. The van der Waals surface area contributed by atoms with Crippen LogP contribution in [0.1, 0.15) is 26.7 Å². The van der Waals surface area contributed by atoms with E-state index in [1.54, 1.807) is 19.0 Å². The fourth-order valence-corrected chi connectivity index (χ4v) is 0.865. The van der Waals surface area contributed by atoms with Gasteiger partial charge in [0, 0.05) is 26.9 Å². The average molecular weight is 171 g/mol. The van der Waals surface area contributed by atoms with Crippen molar-refractivity contribution in [1.82, 2.24) is 4.90 Å². The van der Waals surface area contributed by atoms with Gasteiger partial charge in [-0.25, -0.2) is 0 Å². The molecule has 0 saturated carbocycles. The van der Waals surface area contributed by atoms with Crippen LogP contribution in [0.3, 0.4) is 0 Å². The molecule has 0 aromatic carbocycles. The number of rotatable bonds is 4. The van der Waals surface area contributed by atoms with Gasteiger partial charge < -0.3 is 9.69 Å². The zero-order chi connectivity index (χ0) is 9.78. The lowest BCUT2D eigenvalue weighted by Crippen LogP contribution is -2.28. The second-order valence-corrected chi connectivity index (χ2v) is 4.00. The van der Waals surface area contributed by atoms with E-state index in [0.717, 1.165) is 6.29 Å². The minimum absolute atomic E-state index is 0.0712. The van der Waals surface area contributed by atoms with Gasteiger partial charge in [-0.1, -0.05) is 13.8 Å². The molecule has 0 aliphatic carbocycles. The summed E-state index contributed by atoms with van der Waals surface area (Å²) in [6.07, 6.45) is 1.73. The predicted octanol–water partition coefficient (Wildman–Crippen LogP) is 1.08. The highest BCUT2D eigenvalue weighted by Crippen LogP contribution is 2.23. The van der Waals surface area contributed by atoms with Gasteiger partial charge in [-0.15, -0.1) is 0 Å². The molecule has 0 spiro atoms. The van der Waals surface area contributed by atoms with E-state index < -0.39 is 0 Å². The molecular formula is C9H17NO2. The maximum Gasteiger partial charge on any atom is 0.222 e. The molecular weight excluding hydrogens is 154 g/mol. The van der Waals surface area contributed by atoms with Crippen LogP contribution in [0.25, 0.3) is 0 Å². The monoisotopic (exact) mass is 171 g/mol. The molecule has 0 aromatic heterocycles. The van der Waals surface area contributed by atoms with Crippen LogP contribution in [0, 0.1) is 5.41 Å². The van der Waals surface area contributed by atoms with Crippen molar-refractivity contribution in [1.29, 1.82) is 0 Å². The molecule has 3 nitrogen and oxygen atoms in total. The van der Waals surface area contributed by atoms with E-state index in [4.69, 9.17) is 0 Å². The minimum atomic E-state index is -0.205. The molecule has 0 atom stereocenters. The average Bonchev–Trinajstić information content (AvgIpc) is 1.85. The number of carbonyl (C=O) groups is 2. The Morgan fingerprint density at radius 1 is 1.42 bits per heavy atom. The highest BCUT2D eigenvalue weighted by molar-refractivity contribution is 5.76. The van der Waals surface area contributed by atoms with Crippen LogP contribution in [0.4, 0.5) is 0 Å². The van der Waals surface area contributed by atoms with Crippen molar-refractivity contribution in [2.75, 3.05) is 14.1 Å². The Morgan fingerprint density at radius 3 is 2.25 bits per heavy atom. The van der Waals surface area contributed by atoms with Gasteiger partial charge >= 0.3 is 0 Å². The van der Waals surface area contributed by atoms with Crippen molar-refractivity contribution in [3.8, 4) is 0 Å². The molecule has 70 valence electrons. The largest absolute Gasteiger partial charge is 0.349 e. The summed E-state index contributed by atoms with van der Waals surface area (Å²) in [6, 6.07) is 0. The highest BCUT2D eigenvalue weighted by atomic mass is 16.2. The van der Waals surface area contributed by atoms with E-state index in [9.17, 15) is 9.59 Å². The maximum atomic E-state index is 11.2. The van der Waals surface area contributed by atoms with Crippen LogP contribution in [-0.2, 0) is 9.59 Å². The summed E-state index contributed by atoms with van der Waals surface area (Å²) in [7, 11) is 3.44. The Morgan fingerprint density at radius 2 is 1.92 bits per heavy atom. The highest BCUT2D eigenvalue weighted by Gasteiger charge is 2.22. The zero-order valence-corrected chi connectivity index (χ0v) is 8.26. The van der Waals surface area contributed by atoms with E-state index in [1.165, 1.54) is 0 Å². The molecule has 0 aromatic rings. The molecule has 0 rings (SSSR count). The Bertz CT molecular complexity index is 173. The summed E-state index contributed by atoms with van der Waals surface area (Å²) in [5, 5.41) is 0. The van der Waals surface area contributed by atoms with Crippen molar-refractivity contribution in [2.24, 2.45) is 5.41 Å². The standard InChI is InChI=1S/C9H17NO2/c1-9(2,5-6-11)7-8(12)10(3)4/h6H,5,7H2,1-4H3. The minimum Gasteiger partial charge on any atom is -0.349 e. The third-order valence-corrected chi connectivity index (χ3v) is 1.76. The van der Waals surface area contributed by atoms with Gasteiger partial charge in [-0.05, 0) is 5.41 Å². The Kier molecular flexibility index (Phi) is 3.93. The molecule has 0 bridgehead atoms. The van der Waals surface area contributed by atoms with Crippen LogP contribution in [-0.4, -0.2) is 31.2 Å². The van der Waals surface area contributed by atoms with Crippen molar-refractivity contribution in [3.05, 3.63) is 0 Å². The number of hydrogen-bond donors (Lipinski definition) is 0. The molecule has 0 saturated heterocycles. The smallest absolute Gasteiger partial charge is 0.222 e. The first kappa shape index (κ1) is 11.1. The number of amides is 1. The summed E-state index contributed by atoms with van der Waals surface area (Å²) in [6.45, 7) is 3.84.